The first kappa shape index (κ1) is 26.1. The molecule has 10 nitrogen and oxygen atoms in total. The number of rotatable bonds is 8. The number of carbonyl (C=O) groups is 4. The standard InChI is InChI=1S/C22H36N2O8/c1-12(25)18-13(10-15-19(18)31-22(5,6)30-15)14(24-20(28)32-21(2,3)4)11-16(26)23-9-8-17(27)29-7/h13-15,18-19H,8-11H2,1-7H3,(H,23,26)(H,24,28)/t13?,14-,15+,18+,19+/m1/s1. The molecule has 1 aliphatic carbocycles. The first-order valence-electron chi connectivity index (χ1n) is 10.9. The fourth-order valence-electron chi connectivity index (χ4n) is 4.40. The Morgan fingerprint density at radius 1 is 1.16 bits per heavy atom. The lowest BCUT2D eigenvalue weighted by Crippen LogP contribution is -2.48. The molecule has 2 aliphatic rings. The molecule has 10 heteroatoms. The third-order valence-corrected chi connectivity index (χ3v) is 5.51. The summed E-state index contributed by atoms with van der Waals surface area (Å²) in [5.41, 5.74) is -0.722. The fourth-order valence-corrected chi connectivity index (χ4v) is 4.40. The summed E-state index contributed by atoms with van der Waals surface area (Å²) in [5.74, 6) is -2.61. The van der Waals surface area contributed by atoms with Crippen molar-refractivity contribution in [2.75, 3.05) is 13.7 Å². The highest BCUT2D eigenvalue weighted by Gasteiger charge is 2.56. The average molecular weight is 457 g/mol. The van der Waals surface area contributed by atoms with E-state index < -0.39 is 41.5 Å². The molecule has 1 unspecified atom stereocenters. The first-order valence-corrected chi connectivity index (χ1v) is 10.9. The highest BCUT2D eigenvalue weighted by molar-refractivity contribution is 5.81. The Kier molecular flexibility index (Phi) is 8.27. The van der Waals surface area contributed by atoms with Gasteiger partial charge in [0, 0.05) is 19.0 Å². The summed E-state index contributed by atoms with van der Waals surface area (Å²) in [6.45, 7) is 10.4. The van der Waals surface area contributed by atoms with E-state index in [0.717, 1.165) is 0 Å². The van der Waals surface area contributed by atoms with Crippen LogP contribution < -0.4 is 10.6 Å². The van der Waals surface area contributed by atoms with Gasteiger partial charge in [0.25, 0.3) is 0 Å². The van der Waals surface area contributed by atoms with E-state index in [1.807, 2.05) is 0 Å². The molecule has 2 fully saturated rings. The van der Waals surface area contributed by atoms with Gasteiger partial charge in [0.05, 0.1) is 31.7 Å². The lowest BCUT2D eigenvalue weighted by Gasteiger charge is -2.32. The highest BCUT2D eigenvalue weighted by Crippen LogP contribution is 2.46. The van der Waals surface area contributed by atoms with Crippen LogP contribution in [0, 0.1) is 11.8 Å². The van der Waals surface area contributed by atoms with Crippen molar-refractivity contribution in [3.8, 4) is 0 Å². The summed E-state index contributed by atoms with van der Waals surface area (Å²) >= 11 is 0. The van der Waals surface area contributed by atoms with Crippen molar-refractivity contribution in [3.63, 3.8) is 0 Å². The number of carbonyl (C=O) groups excluding carboxylic acids is 4. The number of esters is 1. The average Bonchev–Trinajstić information content (AvgIpc) is 3.10. The topological polar surface area (TPSA) is 129 Å². The van der Waals surface area contributed by atoms with Gasteiger partial charge in [-0.3, -0.25) is 14.4 Å². The minimum Gasteiger partial charge on any atom is -0.469 e. The third kappa shape index (κ3) is 7.16. The van der Waals surface area contributed by atoms with E-state index in [1.165, 1.54) is 14.0 Å². The van der Waals surface area contributed by atoms with E-state index in [-0.39, 0.29) is 43.1 Å². The Bertz CT molecular complexity index is 730. The van der Waals surface area contributed by atoms with Gasteiger partial charge in [-0.05, 0) is 53.9 Å². The number of ether oxygens (including phenoxy) is 4. The van der Waals surface area contributed by atoms with Gasteiger partial charge in [0.15, 0.2) is 5.79 Å². The molecule has 1 saturated carbocycles. The van der Waals surface area contributed by atoms with E-state index in [2.05, 4.69) is 15.4 Å². The van der Waals surface area contributed by atoms with Crippen molar-refractivity contribution in [2.24, 2.45) is 11.8 Å². The number of methoxy groups -OCH3 is 1. The zero-order valence-corrected chi connectivity index (χ0v) is 20.0. The lowest BCUT2D eigenvalue weighted by molar-refractivity contribution is -0.164. The number of amides is 2. The largest absolute Gasteiger partial charge is 0.469 e. The Labute approximate surface area is 189 Å². The SMILES string of the molecule is COC(=O)CCNC(=O)C[C@@H](NC(=O)OC(C)(C)C)C1C[C@@H]2OC(C)(C)O[C@@H]2[C@H]1C(C)=O. The second kappa shape index (κ2) is 10.2. The van der Waals surface area contributed by atoms with Gasteiger partial charge in [-0.25, -0.2) is 4.79 Å². The van der Waals surface area contributed by atoms with Crippen molar-refractivity contribution in [1.82, 2.24) is 10.6 Å². The fraction of sp³-hybridized carbons (Fsp3) is 0.818. The van der Waals surface area contributed by atoms with Gasteiger partial charge in [-0.1, -0.05) is 0 Å². The molecule has 1 heterocycles. The van der Waals surface area contributed by atoms with Crippen LogP contribution in [0.3, 0.4) is 0 Å². The van der Waals surface area contributed by atoms with Crippen molar-refractivity contribution < 1.29 is 38.1 Å². The van der Waals surface area contributed by atoms with Gasteiger partial charge < -0.3 is 29.6 Å². The molecule has 2 amide bonds. The Balaban J connectivity index is 2.16. The summed E-state index contributed by atoms with van der Waals surface area (Å²) in [5, 5.41) is 5.43. The summed E-state index contributed by atoms with van der Waals surface area (Å²) in [6, 6.07) is -0.683. The molecule has 0 radical (unpaired) electrons. The minimum absolute atomic E-state index is 0.0345. The molecule has 0 bridgehead atoms. The third-order valence-electron chi connectivity index (χ3n) is 5.51. The molecular weight excluding hydrogens is 420 g/mol. The van der Waals surface area contributed by atoms with Gasteiger partial charge in [-0.15, -0.1) is 0 Å². The number of fused-ring (bicyclic) bond motifs is 1. The van der Waals surface area contributed by atoms with Gasteiger partial charge >= 0.3 is 12.1 Å². The van der Waals surface area contributed by atoms with E-state index >= 15 is 0 Å². The van der Waals surface area contributed by atoms with Gasteiger partial charge in [0.2, 0.25) is 5.91 Å². The second-order valence-electron chi connectivity index (χ2n) is 9.81. The number of ketones is 1. The van der Waals surface area contributed by atoms with E-state index in [4.69, 9.17) is 14.2 Å². The summed E-state index contributed by atoms with van der Waals surface area (Å²) in [7, 11) is 1.27. The van der Waals surface area contributed by atoms with Gasteiger partial charge in [-0.2, -0.15) is 0 Å². The lowest BCUT2D eigenvalue weighted by atomic mass is 9.84. The Morgan fingerprint density at radius 3 is 2.38 bits per heavy atom. The number of Topliss-reactive ketones (excluding diaryl/α,β-unsaturated/α-hetero) is 1. The first-order chi connectivity index (χ1) is 14.7. The molecule has 2 N–H and O–H groups in total. The predicted molar refractivity (Wildman–Crippen MR) is 114 cm³/mol. The molecule has 0 aromatic carbocycles. The molecule has 0 spiro atoms. The number of nitrogens with one attached hydrogen (secondary N) is 2. The molecule has 0 aromatic rings. The van der Waals surface area contributed by atoms with Crippen molar-refractivity contribution in [2.45, 2.75) is 90.4 Å². The van der Waals surface area contributed by atoms with Crippen molar-refractivity contribution >= 4 is 23.8 Å². The molecule has 1 aliphatic heterocycles. The second-order valence-corrected chi connectivity index (χ2v) is 9.81. The summed E-state index contributed by atoms with van der Waals surface area (Å²) in [4.78, 5) is 48.9. The van der Waals surface area contributed by atoms with Crippen molar-refractivity contribution in [3.05, 3.63) is 0 Å². The van der Waals surface area contributed by atoms with Gasteiger partial charge in [0.1, 0.15) is 11.4 Å². The van der Waals surface area contributed by atoms with Crippen LogP contribution in [0.1, 0.15) is 60.8 Å². The van der Waals surface area contributed by atoms with Crippen LogP contribution >= 0.6 is 0 Å². The molecule has 32 heavy (non-hydrogen) atoms. The molecule has 0 aromatic heterocycles. The number of hydrogen-bond donors (Lipinski definition) is 2. The van der Waals surface area contributed by atoms with Crippen LogP contribution in [0.15, 0.2) is 0 Å². The maximum Gasteiger partial charge on any atom is 0.407 e. The Morgan fingerprint density at radius 2 is 1.81 bits per heavy atom. The van der Waals surface area contributed by atoms with E-state index in [1.54, 1.807) is 34.6 Å². The van der Waals surface area contributed by atoms with Crippen LogP contribution in [0.2, 0.25) is 0 Å². The maximum atomic E-state index is 12.6. The zero-order chi connectivity index (χ0) is 24.3. The Hall–Kier alpha value is -2.20. The highest BCUT2D eigenvalue weighted by atomic mass is 16.8. The van der Waals surface area contributed by atoms with Crippen LogP contribution in [0.4, 0.5) is 4.79 Å². The van der Waals surface area contributed by atoms with E-state index in [0.29, 0.717) is 6.42 Å². The molecule has 5 atom stereocenters. The molecule has 2 rings (SSSR count). The minimum atomic E-state index is -0.798. The quantitative estimate of drug-likeness (QED) is 0.528. The molecular formula is C22H36N2O8. The molecule has 182 valence electrons. The van der Waals surface area contributed by atoms with E-state index in [9.17, 15) is 19.2 Å². The summed E-state index contributed by atoms with van der Waals surface area (Å²) < 4.78 is 21.9. The number of alkyl carbamates (subject to hydrolysis) is 1. The zero-order valence-electron chi connectivity index (χ0n) is 20.0. The monoisotopic (exact) mass is 456 g/mol. The molecule has 1 saturated heterocycles. The number of hydrogen-bond acceptors (Lipinski definition) is 8. The summed E-state index contributed by atoms with van der Waals surface area (Å²) in [6.07, 6.45) is -1.03. The van der Waals surface area contributed by atoms with Crippen LogP contribution in [-0.2, 0) is 33.3 Å². The maximum absolute atomic E-state index is 12.6. The normalized spacial score (nSPS) is 27.2. The van der Waals surface area contributed by atoms with Crippen LogP contribution in [-0.4, -0.2) is 67.0 Å². The predicted octanol–water partition coefficient (Wildman–Crippen LogP) is 1.69. The van der Waals surface area contributed by atoms with Crippen LogP contribution in [0.5, 0.6) is 0 Å². The van der Waals surface area contributed by atoms with Crippen molar-refractivity contribution in [1.29, 1.82) is 0 Å². The van der Waals surface area contributed by atoms with Crippen LogP contribution in [0.25, 0.3) is 0 Å². The smallest absolute Gasteiger partial charge is 0.407 e.